The fourth-order valence-electron chi connectivity index (χ4n) is 4.43. The highest BCUT2D eigenvalue weighted by atomic mass is 16.5. The number of rotatable bonds is 3. The quantitative estimate of drug-likeness (QED) is 0.859. The van der Waals surface area contributed by atoms with E-state index in [1.807, 2.05) is 4.90 Å². The van der Waals surface area contributed by atoms with Crippen LogP contribution in [0.3, 0.4) is 0 Å². The molecule has 0 radical (unpaired) electrons. The molecule has 2 saturated heterocycles. The lowest BCUT2D eigenvalue weighted by molar-refractivity contribution is 0.0606. The van der Waals surface area contributed by atoms with Gasteiger partial charge in [-0.25, -0.2) is 0 Å². The second-order valence-electron chi connectivity index (χ2n) is 7.41. The van der Waals surface area contributed by atoms with E-state index in [4.69, 9.17) is 4.52 Å². The Kier molecular flexibility index (Phi) is 4.38. The molecule has 0 unspecified atom stereocenters. The van der Waals surface area contributed by atoms with Gasteiger partial charge in [0.15, 0.2) is 0 Å². The van der Waals surface area contributed by atoms with Gasteiger partial charge in [-0.2, -0.15) is 0 Å². The average molecular weight is 317 g/mol. The van der Waals surface area contributed by atoms with Gasteiger partial charge in [0.1, 0.15) is 0 Å². The number of aryl methyl sites for hydroxylation is 1. The normalized spacial score (nSPS) is 25.6. The van der Waals surface area contributed by atoms with Crippen LogP contribution in [0, 0.1) is 5.92 Å². The van der Waals surface area contributed by atoms with Gasteiger partial charge >= 0.3 is 0 Å². The number of amides is 1. The van der Waals surface area contributed by atoms with Crippen LogP contribution in [0.15, 0.2) is 4.52 Å². The Bertz CT molecular complexity index is 563. The van der Waals surface area contributed by atoms with Crippen molar-refractivity contribution in [1.82, 2.24) is 15.0 Å². The van der Waals surface area contributed by atoms with Crippen molar-refractivity contribution in [3.63, 3.8) is 0 Å². The molecule has 0 saturated carbocycles. The maximum Gasteiger partial charge on any atom is 0.292 e. The van der Waals surface area contributed by atoms with Gasteiger partial charge in [-0.15, -0.1) is 0 Å². The molecule has 3 aliphatic rings. The summed E-state index contributed by atoms with van der Waals surface area (Å²) >= 11 is 0. The number of piperidine rings is 1. The number of hydrogen-bond acceptors (Lipinski definition) is 4. The van der Waals surface area contributed by atoms with Crippen molar-refractivity contribution in [3.05, 3.63) is 17.0 Å². The third-order valence-electron chi connectivity index (χ3n) is 5.68. The standard InChI is InChI=1S/C18H27N3O2/c22-18(17-15-7-1-2-8-16(15)19-23-17)21-11-5-6-14(13-21)12-20-9-3-4-10-20/h14H,1-13H2/t14-/m1/s1. The van der Waals surface area contributed by atoms with E-state index in [1.54, 1.807) is 0 Å². The first-order valence-electron chi connectivity index (χ1n) is 9.30. The molecule has 1 aliphatic carbocycles. The molecule has 2 aliphatic heterocycles. The van der Waals surface area contributed by atoms with Gasteiger partial charge in [-0.1, -0.05) is 5.16 Å². The number of aromatic nitrogens is 1. The molecule has 2 fully saturated rings. The third kappa shape index (κ3) is 3.16. The summed E-state index contributed by atoms with van der Waals surface area (Å²) in [5.74, 6) is 1.22. The van der Waals surface area contributed by atoms with Crippen molar-refractivity contribution < 1.29 is 9.32 Å². The first kappa shape index (κ1) is 15.2. The SMILES string of the molecule is O=C(c1onc2c1CCCC2)N1CCC[C@H](CN2CCCC2)C1. The second kappa shape index (κ2) is 6.63. The Labute approximate surface area is 138 Å². The summed E-state index contributed by atoms with van der Waals surface area (Å²) in [7, 11) is 0. The molecule has 3 heterocycles. The van der Waals surface area contributed by atoms with Gasteiger partial charge in [0.25, 0.3) is 5.91 Å². The number of hydrogen-bond donors (Lipinski definition) is 0. The number of nitrogens with zero attached hydrogens (tertiary/aromatic N) is 3. The van der Waals surface area contributed by atoms with Crippen LogP contribution < -0.4 is 0 Å². The zero-order valence-corrected chi connectivity index (χ0v) is 13.9. The Morgan fingerprint density at radius 3 is 2.78 bits per heavy atom. The molecule has 1 aromatic rings. The minimum absolute atomic E-state index is 0.0757. The molecule has 4 rings (SSSR count). The van der Waals surface area contributed by atoms with E-state index in [2.05, 4.69) is 10.1 Å². The molecular formula is C18H27N3O2. The third-order valence-corrected chi connectivity index (χ3v) is 5.68. The highest BCUT2D eigenvalue weighted by Crippen LogP contribution is 2.27. The molecule has 1 aromatic heterocycles. The fourth-order valence-corrected chi connectivity index (χ4v) is 4.43. The largest absolute Gasteiger partial charge is 0.350 e. The number of carbonyl (C=O) groups is 1. The lowest BCUT2D eigenvalue weighted by Crippen LogP contribution is -2.43. The van der Waals surface area contributed by atoms with E-state index in [-0.39, 0.29) is 5.91 Å². The summed E-state index contributed by atoms with van der Waals surface area (Å²) in [6.07, 6.45) is 9.24. The fraction of sp³-hybridized carbons (Fsp3) is 0.778. The Morgan fingerprint density at radius 2 is 1.91 bits per heavy atom. The summed E-state index contributed by atoms with van der Waals surface area (Å²) in [6.45, 7) is 5.37. The first-order chi connectivity index (χ1) is 11.3. The molecule has 0 aromatic carbocycles. The highest BCUT2D eigenvalue weighted by molar-refractivity contribution is 5.93. The monoisotopic (exact) mass is 317 g/mol. The van der Waals surface area contributed by atoms with Crippen molar-refractivity contribution in [2.45, 2.75) is 51.4 Å². The van der Waals surface area contributed by atoms with Crippen molar-refractivity contribution in [3.8, 4) is 0 Å². The van der Waals surface area contributed by atoms with Gasteiger partial charge in [0.2, 0.25) is 5.76 Å². The molecule has 5 heteroatoms. The predicted octanol–water partition coefficient (Wildman–Crippen LogP) is 2.50. The van der Waals surface area contributed by atoms with Crippen LogP contribution in [0.25, 0.3) is 0 Å². The topological polar surface area (TPSA) is 49.6 Å². The van der Waals surface area contributed by atoms with E-state index in [0.717, 1.165) is 63.0 Å². The first-order valence-corrected chi connectivity index (χ1v) is 9.30. The zero-order chi connectivity index (χ0) is 15.6. The number of likely N-dealkylation sites (tertiary alicyclic amines) is 2. The van der Waals surface area contributed by atoms with Gasteiger partial charge in [-0.3, -0.25) is 4.79 Å². The average Bonchev–Trinajstić information content (AvgIpc) is 3.24. The molecule has 0 spiro atoms. The van der Waals surface area contributed by atoms with Gasteiger partial charge in [0, 0.05) is 25.2 Å². The molecule has 126 valence electrons. The van der Waals surface area contributed by atoms with Crippen LogP contribution in [0.5, 0.6) is 0 Å². The van der Waals surface area contributed by atoms with Crippen LogP contribution in [0.4, 0.5) is 0 Å². The van der Waals surface area contributed by atoms with E-state index < -0.39 is 0 Å². The lowest BCUT2D eigenvalue weighted by Gasteiger charge is -2.34. The van der Waals surface area contributed by atoms with Crippen LogP contribution in [-0.4, -0.2) is 53.6 Å². The Hall–Kier alpha value is -1.36. The van der Waals surface area contributed by atoms with Crippen molar-refractivity contribution >= 4 is 5.91 Å². The second-order valence-corrected chi connectivity index (χ2v) is 7.41. The molecule has 0 bridgehead atoms. The van der Waals surface area contributed by atoms with Gasteiger partial charge in [-0.05, 0) is 70.4 Å². The van der Waals surface area contributed by atoms with Gasteiger partial charge < -0.3 is 14.3 Å². The smallest absolute Gasteiger partial charge is 0.292 e. The highest BCUT2D eigenvalue weighted by Gasteiger charge is 2.31. The van der Waals surface area contributed by atoms with Crippen LogP contribution in [0.2, 0.25) is 0 Å². The van der Waals surface area contributed by atoms with E-state index >= 15 is 0 Å². The molecule has 1 amide bonds. The van der Waals surface area contributed by atoms with Crippen molar-refractivity contribution in [2.24, 2.45) is 5.92 Å². The summed E-state index contributed by atoms with van der Waals surface area (Å²) in [6, 6.07) is 0. The summed E-state index contributed by atoms with van der Waals surface area (Å²) < 4.78 is 5.45. The Morgan fingerprint density at radius 1 is 1.09 bits per heavy atom. The maximum absolute atomic E-state index is 12.9. The predicted molar refractivity (Wildman–Crippen MR) is 87.4 cm³/mol. The van der Waals surface area contributed by atoms with E-state index in [1.165, 1.54) is 32.4 Å². The Balaban J connectivity index is 1.42. The summed E-state index contributed by atoms with van der Waals surface area (Å²) in [5, 5.41) is 4.14. The summed E-state index contributed by atoms with van der Waals surface area (Å²) in [4.78, 5) is 17.5. The minimum Gasteiger partial charge on any atom is -0.350 e. The molecular weight excluding hydrogens is 290 g/mol. The molecule has 0 N–H and O–H groups in total. The van der Waals surface area contributed by atoms with Gasteiger partial charge in [0.05, 0.1) is 5.69 Å². The van der Waals surface area contributed by atoms with Crippen LogP contribution >= 0.6 is 0 Å². The number of fused-ring (bicyclic) bond motifs is 1. The van der Waals surface area contributed by atoms with Crippen LogP contribution in [-0.2, 0) is 12.8 Å². The van der Waals surface area contributed by atoms with Crippen molar-refractivity contribution in [2.75, 3.05) is 32.7 Å². The van der Waals surface area contributed by atoms with Crippen molar-refractivity contribution in [1.29, 1.82) is 0 Å². The maximum atomic E-state index is 12.9. The molecule has 23 heavy (non-hydrogen) atoms. The van der Waals surface area contributed by atoms with E-state index in [0.29, 0.717) is 11.7 Å². The number of carbonyl (C=O) groups excluding carboxylic acids is 1. The summed E-state index contributed by atoms with van der Waals surface area (Å²) in [5.41, 5.74) is 2.10. The lowest BCUT2D eigenvalue weighted by atomic mass is 9.94. The minimum atomic E-state index is 0.0757. The molecule has 1 atom stereocenters. The van der Waals surface area contributed by atoms with Crippen LogP contribution in [0.1, 0.15) is 60.3 Å². The van der Waals surface area contributed by atoms with E-state index in [9.17, 15) is 4.79 Å². The zero-order valence-electron chi connectivity index (χ0n) is 13.9. The molecule has 5 nitrogen and oxygen atoms in total.